The minimum absolute atomic E-state index is 0.157. The van der Waals surface area contributed by atoms with Crippen LogP contribution in [-0.4, -0.2) is 35.9 Å². The molecule has 0 aromatic heterocycles. The number of hydrogen-bond donors (Lipinski definition) is 1. The van der Waals surface area contributed by atoms with Crippen molar-refractivity contribution in [2.75, 3.05) is 13.2 Å². The van der Waals surface area contributed by atoms with Crippen molar-refractivity contribution < 1.29 is 14.3 Å². The molecule has 0 aliphatic heterocycles. The van der Waals surface area contributed by atoms with Crippen LogP contribution in [0.2, 0.25) is 0 Å². The highest BCUT2D eigenvalue weighted by Gasteiger charge is 2.30. The summed E-state index contributed by atoms with van der Waals surface area (Å²) < 4.78 is 7.73. The van der Waals surface area contributed by atoms with Crippen LogP contribution < -0.4 is 10.1 Å². The van der Waals surface area contributed by atoms with Gasteiger partial charge in [0.15, 0.2) is 6.61 Å². The predicted octanol–water partition coefficient (Wildman–Crippen LogP) is 7.27. The summed E-state index contributed by atoms with van der Waals surface area (Å²) in [5.41, 5.74) is 3.10. The third-order valence-corrected chi connectivity index (χ3v) is 7.49. The second kappa shape index (κ2) is 15.1. The van der Waals surface area contributed by atoms with Gasteiger partial charge in [-0.25, -0.2) is 0 Å². The van der Waals surface area contributed by atoms with Crippen molar-refractivity contribution in [1.82, 2.24) is 10.2 Å². The molecule has 7 heteroatoms. The first-order valence-corrected chi connectivity index (χ1v) is 14.6. The molecular weight excluding hydrogens is 608 g/mol. The van der Waals surface area contributed by atoms with E-state index in [1.54, 1.807) is 4.90 Å². The molecular formula is C31H36Br2N2O3. The fourth-order valence-electron chi connectivity index (χ4n) is 4.06. The van der Waals surface area contributed by atoms with Gasteiger partial charge in [0.1, 0.15) is 11.8 Å². The lowest BCUT2D eigenvalue weighted by Gasteiger charge is -2.31. The van der Waals surface area contributed by atoms with Crippen molar-refractivity contribution in [3.63, 3.8) is 0 Å². The molecule has 202 valence electrons. The monoisotopic (exact) mass is 642 g/mol. The number of benzene rings is 3. The van der Waals surface area contributed by atoms with E-state index in [4.69, 9.17) is 4.74 Å². The zero-order chi connectivity index (χ0) is 27.5. The Labute approximate surface area is 243 Å². The maximum absolute atomic E-state index is 13.7. The second-order valence-electron chi connectivity index (χ2n) is 9.63. The Morgan fingerprint density at radius 2 is 1.66 bits per heavy atom. The third-order valence-electron chi connectivity index (χ3n) is 6.34. The van der Waals surface area contributed by atoms with Crippen LogP contribution in [0.15, 0.2) is 81.7 Å². The van der Waals surface area contributed by atoms with Crippen LogP contribution >= 0.6 is 31.9 Å². The average Bonchev–Trinajstić information content (AvgIpc) is 2.91. The first-order chi connectivity index (χ1) is 18.3. The molecule has 3 aromatic rings. The Morgan fingerprint density at radius 3 is 2.29 bits per heavy atom. The number of carbonyl (C=O) groups is 2. The Kier molecular flexibility index (Phi) is 11.9. The highest BCUT2D eigenvalue weighted by molar-refractivity contribution is 9.10. The van der Waals surface area contributed by atoms with Crippen LogP contribution in [0, 0.1) is 0 Å². The maximum atomic E-state index is 13.7. The molecule has 3 aromatic carbocycles. The molecule has 0 saturated carbocycles. The quantitative estimate of drug-likeness (QED) is 0.199. The Balaban J connectivity index is 1.88. The van der Waals surface area contributed by atoms with E-state index in [-0.39, 0.29) is 18.4 Å². The normalized spacial score (nSPS) is 11.7. The maximum Gasteiger partial charge on any atom is 0.261 e. The summed E-state index contributed by atoms with van der Waals surface area (Å²) >= 11 is 7.05. The lowest BCUT2D eigenvalue weighted by Crippen LogP contribution is -2.51. The zero-order valence-corrected chi connectivity index (χ0v) is 25.4. The summed E-state index contributed by atoms with van der Waals surface area (Å²) in [6, 6.07) is 22.8. The summed E-state index contributed by atoms with van der Waals surface area (Å²) in [7, 11) is 0. The molecule has 1 N–H and O–H groups in total. The van der Waals surface area contributed by atoms with Crippen molar-refractivity contribution in [1.29, 1.82) is 0 Å². The van der Waals surface area contributed by atoms with E-state index in [1.165, 1.54) is 5.56 Å². The van der Waals surface area contributed by atoms with Crippen LogP contribution in [0.1, 0.15) is 56.2 Å². The lowest BCUT2D eigenvalue weighted by molar-refractivity contribution is -0.142. The minimum atomic E-state index is -0.680. The van der Waals surface area contributed by atoms with Crippen molar-refractivity contribution in [3.05, 3.63) is 98.4 Å². The van der Waals surface area contributed by atoms with Gasteiger partial charge in [0.05, 0.1) is 4.47 Å². The summed E-state index contributed by atoms with van der Waals surface area (Å²) in [4.78, 5) is 28.9. The number of unbranched alkanes of at least 4 members (excludes halogenated alkanes) is 1. The average molecular weight is 644 g/mol. The predicted molar refractivity (Wildman–Crippen MR) is 160 cm³/mol. The van der Waals surface area contributed by atoms with E-state index in [2.05, 4.69) is 57.9 Å². The summed E-state index contributed by atoms with van der Waals surface area (Å²) in [6.45, 7) is 7.03. The van der Waals surface area contributed by atoms with Gasteiger partial charge in [0.25, 0.3) is 5.91 Å². The van der Waals surface area contributed by atoms with Gasteiger partial charge >= 0.3 is 0 Å². The Hall–Kier alpha value is -2.64. The summed E-state index contributed by atoms with van der Waals surface area (Å²) in [5, 5.41) is 3.05. The SMILES string of the molecule is CCCCNC(=O)[C@@H](Cc1ccccc1)N(Cc1ccc(Br)cc1)C(=O)COc1ccc(C(C)C)cc1Br. The molecule has 0 aliphatic rings. The van der Waals surface area contributed by atoms with Crippen molar-refractivity contribution in [3.8, 4) is 5.75 Å². The van der Waals surface area contributed by atoms with Gasteiger partial charge in [-0.3, -0.25) is 9.59 Å². The second-order valence-corrected chi connectivity index (χ2v) is 11.4. The minimum Gasteiger partial charge on any atom is -0.483 e. The van der Waals surface area contributed by atoms with Crippen LogP contribution in [0.5, 0.6) is 5.75 Å². The largest absolute Gasteiger partial charge is 0.483 e. The van der Waals surface area contributed by atoms with Crippen LogP contribution in [0.3, 0.4) is 0 Å². The molecule has 3 rings (SSSR count). The van der Waals surface area contributed by atoms with Crippen molar-refractivity contribution in [2.24, 2.45) is 0 Å². The van der Waals surface area contributed by atoms with E-state index >= 15 is 0 Å². The molecule has 0 radical (unpaired) electrons. The molecule has 0 fully saturated rings. The number of nitrogens with zero attached hydrogens (tertiary/aromatic N) is 1. The van der Waals surface area contributed by atoms with E-state index in [0.29, 0.717) is 31.2 Å². The number of carbonyl (C=O) groups excluding carboxylic acids is 2. The van der Waals surface area contributed by atoms with Crippen molar-refractivity contribution in [2.45, 2.75) is 58.5 Å². The van der Waals surface area contributed by atoms with E-state index < -0.39 is 6.04 Å². The van der Waals surface area contributed by atoms with E-state index in [0.717, 1.165) is 32.9 Å². The molecule has 38 heavy (non-hydrogen) atoms. The standard InChI is InChI=1S/C31H36Br2N2O3/c1-4-5-17-34-31(37)28(18-23-9-7-6-8-10-23)35(20-24-11-14-26(32)15-12-24)30(36)21-38-29-16-13-25(22(2)3)19-27(29)33/h6-16,19,22,28H,4-5,17-18,20-21H2,1-3H3,(H,34,37)/t28-/m1/s1. The van der Waals surface area contributed by atoms with Crippen LogP contribution in [-0.2, 0) is 22.6 Å². The van der Waals surface area contributed by atoms with Gasteiger partial charge in [-0.1, -0.05) is 91.7 Å². The number of hydrogen-bond acceptors (Lipinski definition) is 3. The molecule has 0 unspecified atom stereocenters. The number of amides is 2. The number of nitrogens with one attached hydrogen (secondary N) is 1. The smallest absolute Gasteiger partial charge is 0.261 e. The molecule has 5 nitrogen and oxygen atoms in total. The topological polar surface area (TPSA) is 58.6 Å². The highest BCUT2D eigenvalue weighted by Crippen LogP contribution is 2.29. The molecule has 0 spiro atoms. The Morgan fingerprint density at radius 1 is 0.947 bits per heavy atom. The Bertz CT molecular complexity index is 1180. The van der Waals surface area contributed by atoms with Gasteiger partial charge < -0.3 is 15.0 Å². The molecule has 0 heterocycles. The van der Waals surface area contributed by atoms with Gasteiger partial charge in [-0.05, 0) is 69.2 Å². The molecule has 1 atom stereocenters. The first-order valence-electron chi connectivity index (χ1n) is 13.1. The van der Waals surface area contributed by atoms with Crippen molar-refractivity contribution >= 4 is 43.7 Å². The van der Waals surface area contributed by atoms with E-state index in [9.17, 15) is 9.59 Å². The summed E-state index contributed by atoms with van der Waals surface area (Å²) in [6.07, 6.45) is 2.27. The molecule has 0 aliphatic carbocycles. The fourth-order valence-corrected chi connectivity index (χ4v) is 4.84. The third kappa shape index (κ3) is 8.98. The zero-order valence-electron chi connectivity index (χ0n) is 22.3. The number of halogens is 2. The number of rotatable bonds is 13. The fraction of sp³-hybridized carbons (Fsp3) is 0.355. The molecule has 0 saturated heterocycles. The number of ether oxygens (including phenoxy) is 1. The van der Waals surface area contributed by atoms with Gasteiger partial charge in [0, 0.05) is 24.0 Å². The molecule has 0 bridgehead atoms. The lowest BCUT2D eigenvalue weighted by atomic mass is 10.0. The van der Waals surface area contributed by atoms with Gasteiger partial charge in [0.2, 0.25) is 5.91 Å². The molecule has 2 amide bonds. The van der Waals surface area contributed by atoms with E-state index in [1.807, 2.05) is 72.8 Å². The van der Waals surface area contributed by atoms with Crippen LogP contribution in [0.25, 0.3) is 0 Å². The van der Waals surface area contributed by atoms with Gasteiger partial charge in [-0.15, -0.1) is 0 Å². The van der Waals surface area contributed by atoms with Gasteiger partial charge in [-0.2, -0.15) is 0 Å². The highest BCUT2D eigenvalue weighted by atomic mass is 79.9. The van der Waals surface area contributed by atoms with Crippen LogP contribution in [0.4, 0.5) is 0 Å². The first kappa shape index (κ1) is 29.9. The summed E-state index contributed by atoms with van der Waals surface area (Å²) in [5.74, 6) is 0.571.